The summed E-state index contributed by atoms with van der Waals surface area (Å²) in [7, 11) is 0. The molecule has 0 aliphatic carbocycles. The molecule has 52 valence electrons. The van der Waals surface area contributed by atoms with E-state index in [0.29, 0.717) is 0 Å². The van der Waals surface area contributed by atoms with Crippen LogP contribution in [0.4, 0.5) is 0 Å². The molecule has 0 aromatic heterocycles. The van der Waals surface area contributed by atoms with E-state index < -0.39 is 10.9 Å². The van der Waals surface area contributed by atoms with Gasteiger partial charge in [-0.05, 0) is 0 Å². The van der Waals surface area contributed by atoms with E-state index in [2.05, 4.69) is 6.58 Å². The molecule has 0 aliphatic rings. The van der Waals surface area contributed by atoms with Gasteiger partial charge in [-0.1, -0.05) is 0 Å². The van der Waals surface area contributed by atoms with Crippen molar-refractivity contribution >= 4 is 20.9 Å². The molecule has 3 nitrogen and oxygen atoms in total. The first-order valence-corrected chi connectivity index (χ1v) is 4.59. The number of nitrogens with two attached hydrogens (primary N) is 1. The normalized spacial score (nSPS) is 12.6. The summed E-state index contributed by atoms with van der Waals surface area (Å²) in [6.45, 7) is 3.46. The Morgan fingerprint density at radius 2 is 2.56 bits per heavy atom. The SMILES string of the molecule is C=CC[Se]C(N)C(=O)O. The number of allylic oxidation sites excluding steroid dienone is 1. The zero-order chi connectivity index (χ0) is 7.28. The van der Waals surface area contributed by atoms with Crippen molar-refractivity contribution in [3.05, 3.63) is 12.7 Å². The number of hydrogen-bond donors (Lipinski definition) is 2. The van der Waals surface area contributed by atoms with Crippen LogP contribution in [-0.4, -0.2) is 31.0 Å². The topological polar surface area (TPSA) is 63.3 Å². The fourth-order valence-corrected chi connectivity index (χ4v) is 1.26. The van der Waals surface area contributed by atoms with Crippen LogP contribution < -0.4 is 5.73 Å². The average molecular weight is 194 g/mol. The van der Waals surface area contributed by atoms with Crippen LogP contribution in [0.25, 0.3) is 0 Å². The minimum atomic E-state index is -0.920. The Labute approximate surface area is 60.1 Å². The summed E-state index contributed by atoms with van der Waals surface area (Å²) < 4.78 is 0. The van der Waals surface area contributed by atoms with E-state index in [0.717, 1.165) is 5.32 Å². The number of hydrogen-bond acceptors (Lipinski definition) is 2. The molecule has 0 spiro atoms. The van der Waals surface area contributed by atoms with Crippen LogP contribution >= 0.6 is 0 Å². The van der Waals surface area contributed by atoms with Gasteiger partial charge < -0.3 is 0 Å². The van der Waals surface area contributed by atoms with Crippen molar-refractivity contribution < 1.29 is 9.90 Å². The molecule has 0 fully saturated rings. The van der Waals surface area contributed by atoms with Crippen LogP contribution in [0.5, 0.6) is 0 Å². The Balaban J connectivity index is 3.37. The summed E-state index contributed by atoms with van der Waals surface area (Å²) in [6.07, 6.45) is 1.68. The standard InChI is InChI=1S/C5H9NO2Se/c1-2-3-9-4(6)5(7)8/h2,4H,1,3,6H2,(H,7,8). The molecule has 0 radical (unpaired) electrons. The van der Waals surface area contributed by atoms with Gasteiger partial charge in [-0.15, -0.1) is 0 Å². The van der Waals surface area contributed by atoms with E-state index in [1.165, 1.54) is 0 Å². The molecule has 0 aliphatic heterocycles. The predicted octanol–water partition coefficient (Wildman–Crippen LogP) is -0.336. The van der Waals surface area contributed by atoms with Crippen molar-refractivity contribution in [2.75, 3.05) is 0 Å². The van der Waals surface area contributed by atoms with Crippen LogP contribution in [0, 0.1) is 0 Å². The molecule has 0 aromatic carbocycles. The molecule has 9 heavy (non-hydrogen) atoms. The van der Waals surface area contributed by atoms with Gasteiger partial charge in [0.1, 0.15) is 0 Å². The van der Waals surface area contributed by atoms with Gasteiger partial charge in [0.25, 0.3) is 0 Å². The van der Waals surface area contributed by atoms with Crippen LogP contribution in [0.3, 0.4) is 0 Å². The second kappa shape index (κ2) is 4.56. The van der Waals surface area contributed by atoms with Crippen molar-refractivity contribution in [1.29, 1.82) is 0 Å². The van der Waals surface area contributed by atoms with Gasteiger partial charge >= 0.3 is 59.5 Å². The van der Waals surface area contributed by atoms with Gasteiger partial charge in [-0.25, -0.2) is 0 Å². The van der Waals surface area contributed by atoms with Gasteiger partial charge in [0.05, 0.1) is 0 Å². The predicted molar refractivity (Wildman–Crippen MR) is 36.4 cm³/mol. The van der Waals surface area contributed by atoms with Gasteiger partial charge in [0, 0.05) is 0 Å². The van der Waals surface area contributed by atoms with Crippen molar-refractivity contribution in [2.45, 2.75) is 10.3 Å². The third-order valence-corrected chi connectivity index (χ3v) is 2.71. The molecule has 1 unspecified atom stereocenters. The number of carboxylic acid groups (broad SMARTS) is 1. The molecule has 0 aromatic rings. The summed E-state index contributed by atoms with van der Waals surface area (Å²) in [5.41, 5.74) is 5.18. The zero-order valence-corrected chi connectivity index (χ0v) is 6.62. The second-order valence-corrected chi connectivity index (χ2v) is 3.85. The molecule has 0 saturated carbocycles. The molecule has 1 atom stereocenters. The molecule has 3 N–H and O–H groups in total. The van der Waals surface area contributed by atoms with Crippen molar-refractivity contribution in [3.8, 4) is 0 Å². The van der Waals surface area contributed by atoms with Crippen LogP contribution in [0.1, 0.15) is 0 Å². The molecule has 0 heterocycles. The molecule has 0 saturated heterocycles. The Morgan fingerprint density at radius 1 is 2.00 bits per heavy atom. The zero-order valence-electron chi connectivity index (χ0n) is 4.91. The minimum absolute atomic E-state index is 0.0341. The summed E-state index contributed by atoms with van der Waals surface area (Å²) in [4.78, 5) is 9.39. The van der Waals surface area contributed by atoms with Crippen molar-refractivity contribution in [1.82, 2.24) is 0 Å². The van der Waals surface area contributed by atoms with E-state index in [1.807, 2.05) is 0 Å². The van der Waals surface area contributed by atoms with E-state index in [9.17, 15) is 4.79 Å². The van der Waals surface area contributed by atoms with E-state index >= 15 is 0 Å². The van der Waals surface area contributed by atoms with Crippen LogP contribution in [0.2, 0.25) is 5.32 Å². The third-order valence-electron chi connectivity index (χ3n) is 0.637. The Bertz CT molecular complexity index is 116. The summed E-state index contributed by atoms with van der Waals surface area (Å²) >= 11 is -0.0341. The number of aliphatic carboxylic acids is 1. The molecular weight excluding hydrogens is 185 g/mol. The maximum atomic E-state index is 10.1. The van der Waals surface area contributed by atoms with Gasteiger partial charge in [0.2, 0.25) is 0 Å². The first-order chi connectivity index (χ1) is 4.18. The summed E-state index contributed by atoms with van der Waals surface area (Å²) in [6, 6.07) is 0. The first kappa shape index (κ1) is 8.69. The molecule has 0 bridgehead atoms. The van der Waals surface area contributed by atoms with E-state index in [-0.39, 0.29) is 15.0 Å². The van der Waals surface area contributed by atoms with Crippen molar-refractivity contribution in [3.63, 3.8) is 0 Å². The Hall–Kier alpha value is -0.311. The number of rotatable bonds is 4. The quantitative estimate of drug-likeness (QED) is 0.475. The second-order valence-electron chi connectivity index (χ2n) is 1.38. The van der Waals surface area contributed by atoms with Gasteiger partial charge in [0.15, 0.2) is 0 Å². The first-order valence-electron chi connectivity index (χ1n) is 2.39. The molecular formula is C5H9NO2Se. The van der Waals surface area contributed by atoms with Crippen molar-refractivity contribution in [2.24, 2.45) is 5.73 Å². The molecule has 4 heteroatoms. The fourth-order valence-electron chi connectivity index (χ4n) is 0.243. The third kappa shape index (κ3) is 4.21. The van der Waals surface area contributed by atoms with Gasteiger partial charge in [-0.2, -0.15) is 0 Å². The van der Waals surface area contributed by atoms with E-state index in [1.54, 1.807) is 6.08 Å². The fraction of sp³-hybridized carbons (Fsp3) is 0.400. The summed E-state index contributed by atoms with van der Waals surface area (Å²) in [5, 5.41) is 8.99. The monoisotopic (exact) mass is 195 g/mol. The van der Waals surface area contributed by atoms with Gasteiger partial charge in [-0.3, -0.25) is 0 Å². The number of carboxylic acids is 1. The summed E-state index contributed by atoms with van der Waals surface area (Å²) in [5.74, 6) is -0.920. The molecule has 0 rings (SSSR count). The molecule has 0 amide bonds. The van der Waals surface area contributed by atoms with E-state index in [4.69, 9.17) is 10.8 Å². The Morgan fingerprint density at radius 3 is 2.89 bits per heavy atom. The van der Waals surface area contributed by atoms with Crippen LogP contribution in [-0.2, 0) is 4.79 Å². The Kier molecular flexibility index (Phi) is 4.40. The average Bonchev–Trinajstić information content (AvgIpc) is 1.82. The van der Waals surface area contributed by atoms with Crippen LogP contribution in [0.15, 0.2) is 12.7 Å². The number of carbonyl (C=O) groups is 1. The maximum absolute atomic E-state index is 10.1.